The molecule has 1 N–H and O–H groups in total. The van der Waals surface area contributed by atoms with Gasteiger partial charge in [0.15, 0.2) is 5.82 Å². The topological polar surface area (TPSA) is 112 Å². The summed E-state index contributed by atoms with van der Waals surface area (Å²) in [5.41, 5.74) is 1.48. The lowest BCUT2D eigenvalue weighted by Gasteiger charge is -2.02. The van der Waals surface area contributed by atoms with Gasteiger partial charge in [0.25, 0.3) is 5.69 Å². The monoisotopic (exact) mass is 311 g/mol. The number of hydrogen-bond acceptors (Lipinski definition) is 5. The van der Waals surface area contributed by atoms with Crippen molar-refractivity contribution in [3.8, 4) is 5.69 Å². The van der Waals surface area contributed by atoms with Crippen LogP contribution in [0.5, 0.6) is 0 Å². The van der Waals surface area contributed by atoms with Gasteiger partial charge in [-0.1, -0.05) is 11.6 Å². The number of benzene rings is 1. The van der Waals surface area contributed by atoms with Crippen LogP contribution in [-0.4, -0.2) is 25.3 Å². The Balaban J connectivity index is 2.58. The van der Waals surface area contributed by atoms with Gasteiger partial charge in [-0.2, -0.15) is 9.36 Å². The van der Waals surface area contributed by atoms with E-state index in [0.717, 1.165) is 15.4 Å². The molecule has 0 aliphatic carbocycles. The van der Waals surface area contributed by atoms with Gasteiger partial charge in [0.1, 0.15) is 5.02 Å². The molecule has 0 radical (unpaired) electrons. The van der Waals surface area contributed by atoms with E-state index in [1.807, 2.05) is 0 Å². The molecule has 0 fully saturated rings. The third kappa shape index (κ3) is 2.77. The lowest BCUT2D eigenvalue weighted by atomic mass is 10.3. The number of carbonyl (C=O) groups excluding carboxylic acids is 1. The van der Waals surface area contributed by atoms with Crippen LogP contribution in [0.1, 0.15) is 12.7 Å². The molecule has 0 saturated carbocycles. The molecule has 0 aliphatic rings. The van der Waals surface area contributed by atoms with E-state index in [1.165, 1.54) is 26.0 Å². The number of nitrogens with zero attached hydrogens (tertiary/aromatic N) is 4. The Labute approximate surface area is 122 Å². The van der Waals surface area contributed by atoms with Gasteiger partial charge < -0.3 is 0 Å². The minimum atomic E-state index is -0.658. The van der Waals surface area contributed by atoms with Gasteiger partial charge in [0.2, 0.25) is 5.91 Å². The Hall–Kier alpha value is -2.68. The highest BCUT2D eigenvalue weighted by atomic mass is 35.5. The Kier molecular flexibility index (Phi) is 3.76. The molecule has 0 aliphatic heterocycles. The van der Waals surface area contributed by atoms with Crippen molar-refractivity contribution in [3.05, 3.63) is 49.6 Å². The van der Waals surface area contributed by atoms with E-state index < -0.39 is 16.5 Å². The predicted octanol–water partition coefficient (Wildman–Crippen LogP) is 0.994. The molecule has 1 heterocycles. The molecule has 1 amide bonds. The number of hydrogen-bond donors (Lipinski definition) is 1. The number of rotatable bonds is 3. The molecule has 10 heteroatoms. The molecule has 110 valence electrons. The Morgan fingerprint density at radius 2 is 2.14 bits per heavy atom. The molecule has 1 aromatic heterocycles. The predicted molar refractivity (Wildman–Crippen MR) is 74.3 cm³/mol. The minimum Gasteiger partial charge on any atom is -0.274 e. The van der Waals surface area contributed by atoms with E-state index in [2.05, 4.69) is 10.5 Å². The van der Waals surface area contributed by atoms with E-state index in [-0.39, 0.29) is 22.2 Å². The first-order valence-corrected chi connectivity index (χ1v) is 6.09. The smallest absolute Gasteiger partial charge is 0.274 e. The van der Waals surface area contributed by atoms with Crippen molar-refractivity contribution in [3.63, 3.8) is 0 Å². The maximum absolute atomic E-state index is 12.1. The number of amides is 1. The first kappa shape index (κ1) is 14.7. The van der Waals surface area contributed by atoms with Crippen LogP contribution in [0.25, 0.3) is 5.69 Å². The molecule has 0 spiro atoms. The minimum absolute atomic E-state index is 0.0465. The number of nitro groups is 1. The van der Waals surface area contributed by atoms with Gasteiger partial charge in [0.05, 0.1) is 10.6 Å². The summed E-state index contributed by atoms with van der Waals surface area (Å²) in [7, 11) is 0. The zero-order chi connectivity index (χ0) is 15.7. The first-order chi connectivity index (χ1) is 9.81. The maximum atomic E-state index is 12.1. The molecular formula is C11H10ClN5O4. The number of nitrogens with one attached hydrogen (secondary N) is 1. The number of halogens is 1. The highest BCUT2D eigenvalue weighted by molar-refractivity contribution is 6.32. The summed E-state index contributed by atoms with van der Waals surface area (Å²) < 4.78 is 1.89. The van der Waals surface area contributed by atoms with Gasteiger partial charge >= 0.3 is 5.69 Å². The molecule has 0 bridgehead atoms. The Morgan fingerprint density at radius 3 is 2.71 bits per heavy atom. The molecule has 2 aromatic rings. The van der Waals surface area contributed by atoms with Gasteiger partial charge in [-0.25, -0.2) is 4.79 Å². The largest absolute Gasteiger partial charge is 0.369 e. The van der Waals surface area contributed by atoms with E-state index in [9.17, 15) is 19.7 Å². The maximum Gasteiger partial charge on any atom is 0.369 e. The summed E-state index contributed by atoms with van der Waals surface area (Å²) >= 11 is 5.71. The Morgan fingerprint density at radius 1 is 1.48 bits per heavy atom. The normalized spacial score (nSPS) is 10.4. The van der Waals surface area contributed by atoms with Gasteiger partial charge in [-0.05, 0) is 19.1 Å². The summed E-state index contributed by atoms with van der Waals surface area (Å²) in [6, 6.07) is 3.85. The Bertz CT molecular complexity index is 794. The van der Waals surface area contributed by atoms with Crippen LogP contribution >= 0.6 is 11.6 Å². The quantitative estimate of drug-likeness (QED) is 0.671. The average Bonchev–Trinajstić information content (AvgIpc) is 2.66. The number of nitro benzene ring substituents is 1. The van der Waals surface area contributed by atoms with E-state index >= 15 is 0 Å². The molecule has 0 unspecified atom stereocenters. The number of carbonyl (C=O) groups is 1. The second-order valence-corrected chi connectivity index (χ2v) is 4.55. The molecular weight excluding hydrogens is 302 g/mol. The van der Waals surface area contributed by atoms with Crippen molar-refractivity contribution in [2.45, 2.75) is 13.8 Å². The number of aryl methyl sites for hydroxylation is 1. The fourth-order valence-corrected chi connectivity index (χ4v) is 1.88. The third-order valence-corrected chi connectivity index (χ3v) is 2.90. The second-order valence-electron chi connectivity index (χ2n) is 4.14. The lowest BCUT2D eigenvalue weighted by molar-refractivity contribution is -0.384. The van der Waals surface area contributed by atoms with Crippen LogP contribution in [0, 0.1) is 17.0 Å². The first-order valence-electron chi connectivity index (χ1n) is 5.72. The van der Waals surface area contributed by atoms with Crippen molar-refractivity contribution in [2.24, 2.45) is 0 Å². The van der Waals surface area contributed by atoms with Crippen molar-refractivity contribution in [1.29, 1.82) is 0 Å². The number of aromatic nitrogens is 3. The molecule has 0 atom stereocenters. The lowest BCUT2D eigenvalue weighted by Crippen LogP contribution is -2.33. The molecule has 1 aromatic carbocycles. The second kappa shape index (κ2) is 5.37. The molecule has 21 heavy (non-hydrogen) atoms. The van der Waals surface area contributed by atoms with Crippen LogP contribution in [0.4, 0.5) is 5.69 Å². The SMILES string of the molecule is CC(=O)Nn1c(C)nn(-c2ccc(Cl)c([N+](=O)[O-])c2)c1=O. The van der Waals surface area contributed by atoms with Crippen LogP contribution in [-0.2, 0) is 4.79 Å². The molecule has 2 rings (SSSR count). The van der Waals surface area contributed by atoms with Crippen molar-refractivity contribution >= 4 is 23.2 Å². The van der Waals surface area contributed by atoms with Crippen LogP contribution < -0.4 is 11.1 Å². The van der Waals surface area contributed by atoms with Crippen molar-refractivity contribution < 1.29 is 9.72 Å². The third-order valence-electron chi connectivity index (χ3n) is 2.58. The van der Waals surface area contributed by atoms with E-state index in [0.29, 0.717) is 0 Å². The summed E-state index contributed by atoms with van der Waals surface area (Å²) in [6.07, 6.45) is 0. The fourth-order valence-electron chi connectivity index (χ4n) is 1.69. The van der Waals surface area contributed by atoms with Crippen molar-refractivity contribution in [2.75, 3.05) is 5.43 Å². The summed E-state index contributed by atoms with van der Waals surface area (Å²) in [4.78, 5) is 33.4. The fraction of sp³-hybridized carbons (Fsp3) is 0.182. The summed E-state index contributed by atoms with van der Waals surface area (Å²) in [6.45, 7) is 2.76. The van der Waals surface area contributed by atoms with E-state index in [4.69, 9.17) is 11.6 Å². The summed E-state index contributed by atoms with van der Waals surface area (Å²) in [5, 5.41) is 14.8. The standard InChI is InChI=1S/C11H10ClN5O4/c1-6-13-16(11(19)15(6)14-7(2)18)8-3-4-9(12)10(5-8)17(20)21/h3-5H,1-2H3,(H,14,18). The van der Waals surface area contributed by atoms with Crippen LogP contribution in [0.15, 0.2) is 23.0 Å². The zero-order valence-electron chi connectivity index (χ0n) is 11.0. The highest BCUT2D eigenvalue weighted by Gasteiger charge is 2.17. The molecule has 0 saturated heterocycles. The van der Waals surface area contributed by atoms with Gasteiger partial charge in [0, 0.05) is 13.0 Å². The highest BCUT2D eigenvalue weighted by Crippen LogP contribution is 2.25. The zero-order valence-corrected chi connectivity index (χ0v) is 11.8. The van der Waals surface area contributed by atoms with Crippen LogP contribution in [0.2, 0.25) is 5.02 Å². The van der Waals surface area contributed by atoms with Gasteiger partial charge in [-0.3, -0.25) is 20.3 Å². The average molecular weight is 312 g/mol. The van der Waals surface area contributed by atoms with Crippen LogP contribution in [0.3, 0.4) is 0 Å². The summed E-state index contributed by atoms with van der Waals surface area (Å²) in [5.74, 6) is -0.213. The van der Waals surface area contributed by atoms with Crippen molar-refractivity contribution in [1.82, 2.24) is 14.5 Å². The molecule has 9 nitrogen and oxygen atoms in total. The van der Waals surface area contributed by atoms with Gasteiger partial charge in [-0.15, -0.1) is 5.10 Å². The van der Waals surface area contributed by atoms with E-state index in [1.54, 1.807) is 0 Å².